The normalized spacial score (nSPS) is 13.6. The Morgan fingerprint density at radius 1 is 1.06 bits per heavy atom. The van der Waals surface area contributed by atoms with Crippen LogP contribution in [-0.4, -0.2) is 22.9 Å². The van der Waals surface area contributed by atoms with Crippen molar-refractivity contribution in [2.45, 2.75) is 54.5 Å². The molecule has 0 amide bonds. The van der Waals surface area contributed by atoms with Gasteiger partial charge in [-0.1, -0.05) is 27.7 Å². The zero-order valence-electron chi connectivity index (χ0n) is 13.0. The fourth-order valence-corrected chi connectivity index (χ4v) is 2.19. The number of nitrogens with zero attached hydrogens (tertiary/aromatic N) is 2. The number of aryl methyl sites for hydroxylation is 1. The molecule has 1 N–H and O–H groups in total. The first-order valence-electron chi connectivity index (χ1n) is 7.07. The van der Waals surface area contributed by atoms with Crippen molar-refractivity contribution in [2.24, 2.45) is 11.8 Å². The van der Waals surface area contributed by atoms with Crippen molar-refractivity contribution in [3.63, 3.8) is 0 Å². The third-order valence-electron chi connectivity index (χ3n) is 3.68. The van der Waals surface area contributed by atoms with E-state index in [0.29, 0.717) is 17.9 Å². The van der Waals surface area contributed by atoms with Gasteiger partial charge in [-0.05, 0) is 44.7 Å². The summed E-state index contributed by atoms with van der Waals surface area (Å²) in [5.74, 6) is 1.28. The van der Waals surface area contributed by atoms with Crippen molar-refractivity contribution in [3.05, 3.63) is 17.0 Å². The minimum absolute atomic E-state index is 0.441. The van der Waals surface area contributed by atoms with Gasteiger partial charge in [-0.3, -0.25) is 4.68 Å². The minimum Gasteiger partial charge on any atom is -0.314 e. The van der Waals surface area contributed by atoms with Crippen LogP contribution in [0.15, 0.2) is 0 Å². The van der Waals surface area contributed by atoms with Gasteiger partial charge in [-0.25, -0.2) is 0 Å². The summed E-state index contributed by atoms with van der Waals surface area (Å²) in [5.41, 5.74) is 3.78. The summed E-state index contributed by atoms with van der Waals surface area (Å²) in [6.07, 6.45) is 0. The van der Waals surface area contributed by atoms with E-state index in [-0.39, 0.29) is 0 Å². The molecule has 1 unspecified atom stereocenters. The van der Waals surface area contributed by atoms with E-state index in [1.807, 2.05) is 0 Å². The fourth-order valence-electron chi connectivity index (χ4n) is 2.19. The van der Waals surface area contributed by atoms with Crippen molar-refractivity contribution in [1.29, 1.82) is 0 Å². The summed E-state index contributed by atoms with van der Waals surface area (Å²) >= 11 is 0. The Hall–Kier alpha value is -0.830. The highest BCUT2D eigenvalue weighted by molar-refractivity contribution is 5.22. The zero-order valence-corrected chi connectivity index (χ0v) is 13.0. The monoisotopic (exact) mass is 251 g/mol. The first-order chi connectivity index (χ1) is 8.34. The number of hydrogen-bond donors (Lipinski definition) is 1. The van der Waals surface area contributed by atoms with Crippen LogP contribution < -0.4 is 5.32 Å². The van der Waals surface area contributed by atoms with Crippen LogP contribution in [0, 0.1) is 32.6 Å². The molecule has 0 aliphatic carbocycles. The summed E-state index contributed by atoms with van der Waals surface area (Å²) in [4.78, 5) is 0. The minimum atomic E-state index is 0.441. The predicted molar refractivity (Wildman–Crippen MR) is 78.0 cm³/mol. The molecule has 0 aliphatic rings. The molecule has 3 heteroatoms. The molecule has 0 spiro atoms. The van der Waals surface area contributed by atoms with Crippen LogP contribution in [0.2, 0.25) is 0 Å². The quantitative estimate of drug-likeness (QED) is 0.841. The molecule has 0 fully saturated rings. The summed E-state index contributed by atoms with van der Waals surface area (Å²) in [5, 5.41) is 8.27. The first kappa shape index (κ1) is 15.2. The molecule has 104 valence electrons. The van der Waals surface area contributed by atoms with Crippen LogP contribution in [0.5, 0.6) is 0 Å². The van der Waals surface area contributed by atoms with Gasteiger partial charge in [0.1, 0.15) is 0 Å². The van der Waals surface area contributed by atoms with Gasteiger partial charge in [0.2, 0.25) is 0 Å². The van der Waals surface area contributed by atoms with Crippen LogP contribution in [0.4, 0.5) is 0 Å². The van der Waals surface area contributed by atoms with Gasteiger partial charge >= 0.3 is 0 Å². The molecule has 0 aliphatic heterocycles. The van der Waals surface area contributed by atoms with Crippen molar-refractivity contribution >= 4 is 0 Å². The highest BCUT2D eigenvalue weighted by Gasteiger charge is 2.19. The molecule has 1 atom stereocenters. The van der Waals surface area contributed by atoms with Crippen molar-refractivity contribution in [2.75, 3.05) is 13.1 Å². The third-order valence-corrected chi connectivity index (χ3v) is 3.68. The second-order valence-corrected chi connectivity index (χ2v) is 6.10. The van der Waals surface area contributed by atoms with Gasteiger partial charge in [-0.15, -0.1) is 0 Å². The standard InChI is InChI=1S/C15H29N3/c1-10(2)8-16-9-15(11(3)4)18-14(7)12(5)13(6)17-18/h10-11,15-16H,8-9H2,1-7H3. The Morgan fingerprint density at radius 2 is 1.67 bits per heavy atom. The van der Waals surface area contributed by atoms with E-state index >= 15 is 0 Å². The summed E-state index contributed by atoms with van der Waals surface area (Å²) < 4.78 is 2.21. The Labute approximate surface area is 112 Å². The molecule has 0 bridgehead atoms. The van der Waals surface area contributed by atoms with Crippen LogP contribution in [0.3, 0.4) is 0 Å². The molecule has 18 heavy (non-hydrogen) atoms. The van der Waals surface area contributed by atoms with E-state index < -0.39 is 0 Å². The van der Waals surface area contributed by atoms with Crippen LogP contribution in [0.25, 0.3) is 0 Å². The third kappa shape index (κ3) is 3.58. The lowest BCUT2D eigenvalue weighted by molar-refractivity contribution is 0.319. The van der Waals surface area contributed by atoms with E-state index in [2.05, 4.69) is 58.5 Å². The van der Waals surface area contributed by atoms with Gasteiger partial charge in [0.25, 0.3) is 0 Å². The molecule has 1 heterocycles. The largest absolute Gasteiger partial charge is 0.314 e. The first-order valence-corrected chi connectivity index (χ1v) is 7.07. The smallest absolute Gasteiger partial charge is 0.0669 e. The van der Waals surface area contributed by atoms with Gasteiger partial charge in [0.15, 0.2) is 0 Å². The van der Waals surface area contributed by atoms with Gasteiger partial charge < -0.3 is 5.32 Å². The number of rotatable bonds is 6. The molecule has 1 rings (SSSR count). The Balaban J connectivity index is 2.81. The van der Waals surface area contributed by atoms with Crippen LogP contribution in [-0.2, 0) is 0 Å². The van der Waals surface area contributed by atoms with Crippen molar-refractivity contribution in [1.82, 2.24) is 15.1 Å². The molecule has 0 saturated carbocycles. The lowest BCUT2D eigenvalue weighted by atomic mass is 10.0. The predicted octanol–water partition coefficient (Wildman–Crippen LogP) is 3.25. The second-order valence-electron chi connectivity index (χ2n) is 6.10. The molecule has 0 aromatic carbocycles. The van der Waals surface area contributed by atoms with E-state index in [9.17, 15) is 0 Å². The maximum Gasteiger partial charge on any atom is 0.0669 e. The van der Waals surface area contributed by atoms with E-state index in [1.54, 1.807) is 0 Å². The van der Waals surface area contributed by atoms with Crippen molar-refractivity contribution in [3.8, 4) is 0 Å². The average Bonchev–Trinajstić information content (AvgIpc) is 2.51. The lowest BCUT2D eigenvalue weighted by Gasteiger charge is -2.24. The van der Waals surface area contributed by atoms with Gasteiger partial charge in [-0.2, -0.15) is 5.10 Å². The van der Waals surface area contributed by atoms with E-state index in [0.717, 1.165) is 18.8 Å². The van der Waals surface area contributed by atoms with Gasteiger partial charge in [0.05, 0.1) is 11.7 Å². The van der Waals surface area contributed by atoms with Crippen molar-refractivity contribution < 1.29 is 0 Å². The Bertz CT molecular complexity index is 377. The topological polar surface area (TPSA) is 29.9 Å². The van der Waals surface area contributed by atoms with Crippen LogP contribution >= 0.6 is 0 Å². The molecule has 0 saturated heterocycles. The Morgan fingerprint density at radius 3 is 2.06 bits per heavy atom. The fraction of sp³-hybridized carbons (Fsp3) is 0.800. The molecular weight excluding hydrogens is 222 g/mol. The SMILES string of the molecule is Cc1nn(C(CNCC(C)C)C(C)C)c(C)c1C. The van der Waals surface area contributed by atoms with Crippen LogP contribution in [0.1, 0.15) is 50.7 Å². The molecule has 1 aromatic heterocycles. The number of nitrogens with one attached hydrogen (secondary N) is 1. The summed E-state index contributed by atoms with van der Waals surface area (Å²) in [6.45, 7) is 17.5. The second kappa shape index (κ2) is 6.37. The van der Waals surface area contributed by atoms with E-state index in [4.69, 9.17) is 5.10 Å². The molecule has 3 nitrogen and oxygen atoms in total. The molecule has 0 radical (unpaired) electrons. The van der Waals surface area contributed by atoms with E-state index in [1.165, 1.54) is 11.3 Å². The highest BCUT2D eigenvalue weighted by Crippen LogP contribution is 2.21. The highest BCUT2D eigenvalue weighted by atomic mass is 15.3. The zero-order chi connectivity index (χ0) is 13.9. The number of hydrogen-bond acceptors (Lipinski definition) is 2. The van der Waals surface area contributed by atoms with Gasteiger partial charge in [0, 0.05) is 12.2 Å². The maximum absolute atomic E-state index is 4.71. The lowest BCUT2D eigenvalue weighted by Crippen LogP contribution is -2.32. The summed E-state index contributed by atoms with van der Waals surface area (Å²) in [6, 6.07) is 0.441. The molecular formula is C15H29N3. The summed E-state index contributed by atoms with van der Waals surface area (Å²) in [7, 11) is 0. The molecule has 1 aromatic rings. The number of aromatic nitrogens is 2. The average molecular weight is 251 g/mol. The Kier molecular flexibility index (Phi) is 5.39. The maximum atomic E-state index is 4.71.